The lowest BCUT2D eigenvalue weighted by molar-refractivity contribution is -0.148. The van der Waals surface area contributed by atoms with Crippen molar-refractivity contribution in [3.8, 4) is 5.75 Å². The van der Waals surface area contributed by atoms with Crippen LogP contribution in [-0.4, -0.2) is 50.8 Å². The Balaban J connectivity index is 1.72. The molecular formula is C21H23NO6S. The summed E-state index contributed by atoms with van der Waals surface area (Å²) < 4.78 is 37.5. The Morgan fingerprint density at radius 3 is 2.45 bits per heavy atom. The van der Waals surface area contributed by atoms with Crippen LogP contribution in [0.25, 0.3) is 0 Å². The zero-order valence-electron chi connectivity index (χ0n) is 16.1. The van der Waals surface area contributed by atoms with Gasteiger partial charge in [-0.25, -0.2) is 8.42 Å². The summed E-state index contributed by atoms with van der Waals surface area (Å²) >= 11 is 0. The maximum atomic E-state index is 13.0. The van der Waals surface area contributed by atoms with E-state index in [2.05, 4.69) is 0 Å². The molecule has 1 atom stereocenters. The molecule has 2 aromatic carbocycles. The van der Waals surface area contributed by atoms with E-state index in [4.69, 9.17) is 9.47 Å². The molecule has 0 aromatic heterocycles. The number of Topliss-reactive ketones (excluding diaryl/α,β-unsaturated/α-hetero) is 1. The van der Waals surface area contributed by atoms with Crippen molar-refractivity contribution in [1.29, 1.82) is 0 Å². The Morgan fingerprint density at radius 1 is 1.03 bits per heavy atom. The highest BCUT2D eigenvalue weighted by Gasteiger charge is 2.38. The summed E-state index contributed by atoms with van der Waals surface area (Å²) in [4.78, 5) is 25.2. The molecule has 1 aliphatic heterocycles. The van der Waals surface area contributed by atoms with Gasteiger partial charge in [-0.15, -0.1) is 0 Å². The normalized spacial score (nSPS) is 17.5. The number of benzene rings is 2. The number of methoxy groups -OCH3 is 1. The fourth-order valence-corrected chi connectivity index (χ4v) is 5.01. The van der Waals surface area contributed by atoms with Crippen LogP contribution in [0.5, 0.6) is 5.75 Å². The number of ketones is 1. The van der Waals surface area contributed by atoms with Crippen LogP contribution in [0.2, 0.25) is 0 Å². The zero-order chi connectivity index (χ0) is 20.9. The molecule has 1 saturated heterocycles. The molecule has 3 rings (SSSR count). The summed E-state index contributed by atoms with van der Waals surface area (Å²) in [6.45, 7) is -0.244. The lowest BCUT2D eigenvalue weighted by Gasteiger charge is -2.32. The molecule has 7 nitrogen and oxygen atoms in total. The minimum absolute atomic E-state index is 0.129. The van der Waals surface area contributed by atoms with E-state index in [0.29, 0.717) is 30.6 Å². The fraction of sp³-hybridized carbons (Fsp3) is 0.333. The van der Waals surface area contributed by atoms with Crippen LogP contribution in [0, 0.1) is 0 Å². The number of carbonyl (C=O) groups is 2. The lowest BCUT2D eigenvalue weighted by Crippen LogP contribution is -2.48. The smallest absolute Gasteiger partial charge is 0.324 e. The van der Waals surface area contributed by atoms with Gasteiger partial charge in [-0.3, -0.25) is 9.59 Å². The number of sulfonamides is 1. The number of rotatable bonds is 7. The molecule has 1 fully saturated rings. The van der Waals surface area contributed by atoms with Crippen LogP contribution < -0.4 is 4.74 Å². The second-order valence-corrected chi connectivity index (χ2v) is 8.56. The van der Waals surface area contributed by atoms with Crippen molar-refractivity contribution < 1.29 is 27.5 Å². The van der Waals surface area contributed by atoms with Crippen LogP contribution in [0.15, 0.2) is 59.5 Å². The summed E-state index contributed by atoms with van der Waals surface area (Å²) in [5, 5.41) is 0. The van der Waals surface area contributed by atoms with Gasteiger partial charge in [0.1, 0.15) is 11.8 Å². The highest BCUT2D eigenvalue weighted by molar-refractivity contribution is 7.89. The molecule has 1 aliphatic rings. The average Bonchev–Trinajstić information content (AvgIpc) is 2.77. The molecule has 0 unspecified atom stereocenters. The minimum Gasteiger partial charge on any atom is -0.496 e. The van der Waals surface area contributed by atoms with Crippen molar-refractivity contribution in [2.75, 3.05) is 20.3 Å². The molecule has 154 valence electrons. The van der Waals surface area contributed by atoms with Gasteiger partial charge in [-0.2, -0.15) is 4.31 Å². The molecule has 29 heavy (non-hydrogen) atoms. The number of carbonyl (C=O) groups excluding carboxylic acids is 2. The fourth-order valence-electron chi connectivity index (χ4n) is 3.34. The zero-order valence-corrected chi connectivity index (χ0v) is 16.9. The van der Waals surface area contributed by atoms with E-state index in [1.54, 1.807) is 42.5 Å². The van der Waals surface area contributed by atoms with Crippen LogP contribution >= 0.6 is 0 Å². The van der Waals surface area contributed by atoms with Crippen LogP contribution in [0.1, 0.15) is 29.6 Å². The summed E-state index contributed by atoms with van der Waals surface area (Å²) in [5.41, 5.74) is 0.306. The Hall–Kier alpha value is -2.71. The van der Waals surface area contributed by atoms with Crippen molar-refractivity contribution in [1.82, 2.24) is 4.31 Å². The topological polar surface area (TPSA) is 90.0 Å². The van der Waals surface area contributed by atoms with Crippen molar-refractivity contribution in [3.63, 3.8) is 0 Å². The first-order valence-electron chi connectivity index (χ1n) is 9.35. The molecule has 0 saturated carbocycles. The third kappa shape index (κ3) is 4.65. The third-order valence-corrected chi connectivity index (χ3v) is 6.75. The van der Waals surface area contributed by atoms with Crippen molar-refractivity contribution in [3.05, 3.63) is 60.2 Å². The van der Waals surface area contributed by atoms with E-state index in [9.17, 15) is 18.0 Å². The number of ether oxygens (including phenoxy) is 2. The standard InChI is InChI=1S/C21H23NO6S/c1-27-20-13-6-5-11-17(20)19(23)15-28-21(24)18-12-7-8-14-22(18)29(25,26)16-9-3-2-4-10-16/h2-6,9-11,13,18H,7-8,12,14-15H2,1H3/t18-/m1/s1. The molecule has 0 N–H and O–H groups in total. The maximum Gasteiger partial charge on any atom is 0.324 e. The number of esters is 1. The Labute approximate surface area is 170 Å². The molecule has 0 amide bonds. The number of hydrogen-bond donors (Lipinski definition) is 0. The van der Waals surface area contributed by atoms with Gasteiger partial charge in [0.05, 0.1) is 17.6 Å². The highest BCUT2D eigenvalue weighted by Crippen LogP contribution is 2.26. The van der Waals surface area contributed by atoms with Gasteiger partial charge >= 0.3 is 5.97 Å². The first-order valence-corrected chi connectivity index (χ1v) is 10.8. The Bertz CT molecular complexity index is 974. The quantitative estimate of drug-likeness (QED) is 0.508. The van der Waals surface area contributed by atoms with Gasteiger partial charge in [0.2, 0.25) is 15.8 Å². The van der Waals surface area contributed by atoms with E-state index in [0.717, 1.165) is 0 Å². The van der Waals surface area contributed by atoms with Crippen molar-refractivity contribution in [2.45, 2.75) is 30.2 Å². The van der Waals surface area contributed by atoms with Gasteiger partial charge in [-0.1, -0.05) is 30.3 Å². The predicted molar refractivity (Wildman–Crippen MR) is 106 cm³/mol. The van der Waals surface area contributed by atoms with E-state index < -0.39 is 34.4 Å². The first-order chi connectivity index (χ1) is 13.9. The van der Waals surface area contributed by atoms with Crippen molar-refractivity contribution >= 4 is 21.8 Å². The average molecular weight is 417 g/mol. The van der Waals surface area contributed by atoms with E-state index in [-0.39, 0.29) is 11.4 Å². The molecule has 1 heterocycles. The summed E-state index contributed by atoms with van der Waals surface area (Å²) in [6, 6.07) is 13.7. The number of piperidine rings is 1. The van der Waals surface area contributed by atoms with Crippen molar-refractivity contribution in [2.24, 2.45) is 0 Å². The second kappa shape index (κ2) is 9.19. The summed E-state index contributed by atoms with van der Waals surface area (Å²) in [6.07, 6.45) is 1.73. The van der Waals surface area contributed by atoms with Crippen LogP contribution in [0.4, 0.5) is 0 Å². The maximum absolute atomic E-state index is 13.0. The molecule has 0 bridgehead atoms. The van der Waals surface area contributed by atoms with E-state index >= 15 is 0 Å². The molecule has 0 radical (unpaired) electrons. The molecular weight excluding hydrogens is 394 g/mol. The largest absolute Gasteiger partial charge is 0.496 e. The van der Waals surface area contributed by atoms with Crippen LogP contribution in [-0.2, 0) is 19.6 Å². The Morgan fingerprint density at radius 2 is 1.72 bits per heavy atom. The third-order valence-electron chi connectivity index (χ3n) is 4.83. The minimum atomic E-state index is -3.83. The van der Waals surface area contributed by atoms with Gasteiger partial charge in [0.25, 0.3) is 0 Å². The first kappa shape index (κ1) is 21.0. The Kier molecular flexibility index (Phi) is 6.66. The molecule has 8 heteroatoms. The molecule has 0 spiro atoms. The van der Waals surface area contributed by atoms with E-state index in [1.165, 1.54) is 23.5 Å². The SMILES string of the molecule is COc1ccccc1C(=O)COC(=O)[C@H]1CCCCN1S(=O)(=O)c1ccccc1. The second-order valence-electron chi connectivity index (χ2n) is 6.67. The van der Waals surface area contributed by atoms with Gasteiger partial charge in [-0.05, 0) is 43.5 Å². The molecule has 2 aromatic rings. The number of para-hydroxylation sites is 1. The monoisotopic (exact) mass is 417 g/mol. The van der Waals surface area contributed by atoms with Crippen LogP contribution in [0.3, 0.4) is 0 Å². The van der Waals surface area contributed by atoms with Gasteiger partial charge < -0.3 is 9.47 Å². The number of nitrogens with zero attached hydrogens (tertiary/aromatic N) is 1. The number of hydrogen-bond acceptors (Lipinski definition) is 6. The van der Waals surface area contributed by atoms with Gasteiger partial charge in [0, 0.05) is 6.54 Å². The lowest BCUT2D eigenvalue weighted by atomic mass is 10.1. The van der Waals surface area contributed by atoms with Gasteiger partial charge in [0.15, 0.2) is 6.61 Å². The predicted octanol–water partition coefficient (Wildman–Crippen LogP) is 2.66. The summed E-state index contributed by atoms with van der Waals surface area (Å²) in [7, 11) is -2.38. The van der Waals surface area contributed by atoms with E-state index in [1.807, 2.05) is 0 Å². The summed E-state index contributed by atoms with van der Waals surface area (Å²) in [5.74, 6) is -0.740. The molecule has 0 aliphatic carbocycles. The highest BCUT2D eigenvalue weighted by atomic mass is 32.2.